The first kappa shape index (κ1) is 8.38. The van der Waals surface area contributed by atoms with E-state index in [0.717, 1.165) is 6.61 Å². The maximum absolute atomic E-state index is 8.08. The van der Waals surface area contributed by atoms with Crippen molar-refractivity contribution in [2.24, 2.45) is 0 Å². The minimum Gasteiger partial charge on any atom is -0.394 e. The summed E-state index contributed by atoms with van der Waals surface area (Å²) in [5, 5.41) is 8.08. The molecular formula is C3H6I2O2. The van der Waals surface area contributed by atoms with E-state index >= 15 is 0 Å². The van der Waals surface area contributed by atoms with E-state index in [1.165, 1.54) is 0 Å². The number of epoxide rings is 1. The third-order valence-corrected chi connectivity index (χ3v) is 0.606. The molecule has 1 aliphatic heterocycles. The smallest absolute Gasteiger partial charge is 0.104 e. The van der Waals surface area contributed by atoms with Crippen molar-refractivity contribution < 1.29 is 9.84 Å². The van der Waals surface area contributed by atoms with Crippen LogP contribution in [0.15, 0.2) is 0 Å². The largest absolute Gasteiger partial charge is 0.394 e. The molecule has 2 nitrogen and oxygen atoms in total. The van der Waals surface area contributed by atoms with Gasteiger partial charge in [-0.1, -0.05) is 0 Å². The van der Waals surface area contributed by atoms with Gasteiger partial charge in [-0.25, -0.2) is 0 Å². The Balaban J connectivity index is 0.000000162. The minimum absolute atomic E-state index is 0.190. The van der Waals surface area contributed by atoms with Crippen molar-refractivity contribution in [3.8, 4) is 0 Å². The maximum Gasteiger partial charge on any atom is 0.104 e. The van der Waals surface area contributed by atoms with Crippen molar-refractivity contribution in [1.29, 1.82) is 0 Å². The van der Waals surface area contributed by atoms with Crippen molar-refractivity contribution in [2.45, 2.75) is 6.10 Å². The molecule has 1 rings (SSSR count). The first-order valence-corrected chi connectivity index (χ1v) is 8.09. The summed E-state index contributed by atoms with van der Waals surface area (Å²) in [6.45, 7) is 0.955. The molecule has 1 saturated heterocycles. The second-order valence-electron chi connectivity index (χ2n) is 1.14. The molecule has 0 aromatic carbocycles. The lowest BCUT2D eigenvalue weighted by Crippen LogP contribution is -1.88. The molecule has 44 valence electrons. The van der Waals surface area contributed by atoms with Gasteiger partial charge in [0.25, 0.3) is 0 Å². The molecule has 0 aromatic rings. The van der Waals surface area contributed by atoms with Crippen LogP contribution < -0.4 is 0 Å². The van der Waals surface area contributed by atoms with Crippen LogP contribution in [0.1, 0.15) is 0 Å². The molecule has 0 amide bonds. The minimum atomic E-state index is 0.190. The van der Waals surface area contributed by atoms with E-state index in [0.29, 0.717) is 0 Å². The molecule has 4 heteroatoms. The fourth-order valence-corrected chi connectivity index (χ4v) is 0.173. The normalized spacial score (nSPS) is 25.3. The maximum atomic E-state index is 8.08. The highest BCUT2D eigenvalue weighted by atomic mass is 128. The summed E-state index contributed by atoms with van der Waals surface area (Å²) in [5.41, 5.74) is 0. The highest BCUT2D eigenvalue weighted by Gasteiger charge is 2.19. The van der Waals surface area contributed by atoms with Crippen LogP contribution in [-0.2, 0) is 4.74 Å². The van der Waals surface area contributed by atoms with Gasteiger partial charge in [-0.2, -0.15) is 0 Å². The van der Waals surface area contributed by atoms with Crippen molar-refractivity contribution in [3.05, 3.63) is 0 Å². The number of rotatable bonds is 1. The highest BCUT2D eigenvalue weighted by molar-refractivity contribution is 15.0. The molecule has 1 unspecified atom stereocenters. The quantitative estimate of drug-likeness (QED) is 0.579. The lowest BCUT2D eigenvalue weighted by atomic mass is 10.5. The van der Waals surface area contributed by atoms with E-state index < -0.39 is 0 Å². The van der Waals surface area contributed by atoms with Gasteiger partial charge in [0.15, 0.2) is 0 Å². The predicted octanol–water partition coefficient (Wildman–Crippen LogP) is 1.15. The van der Waals surface area contributed by atoms with Crippen molar-refractivity contribution in [3.63, 3.8) is 0 Å². The second-order valence-corrected chi connectivity index (χ2v) is 1.14. The zero-order chi connectivity index (χ0) is 5.70. The Kier molecular flexibility index (Phi) is 6.60. The summed E-state index contributed by atoms with van der Waals surface area (Å²) in [5.74, 6) is 0. The first-order valence-electron chi connectivity index (χ1n) is 1.80. The van der Waals surface area contributed by atoms with Gasteiger partial charge >= 0.3 is 0 Å². The van der Waals surface area contributed by atoms with E-state index in [4.69, 9.17) is 5.11 Å². The van der Waals surface area contributed by atoms with Crippen molar-refractivity contribution >= 4 is 37.2 Å². The van der Waals surface area contributed by atoms with Crippen LogP contribution in [0.3, 0.4) is 0 Å². The van der Waals surface area contributed by atoms with Crippen LogP contribution in [0.4, 0.5) is 0 Å². The molecule has 1 atom stereocenters. The Hall–Kier alpha value is 1.38. The van der Waals surface area contributed by atoms with Crippen LogP contribution in [0, 0.1) is 0 Å². The van der Waals surface area contributed by atoms with E-state index in [1.807, 2.05) is 0 Å². The van der Waals surface area contributed by atoms with E-state index in [9.17, 15) is 0 Å². The van der Waals surface area contributed by atoms with Crippen LogP contribution in [-0.4, -0.2) is 24.4 Å². The van der Waals surface area contributed by atoms with Crippen molar-refractivity contribution in [1.82, 2.24) is 0 Å². The van der Waals surface area contributed by atoms with Gasteiger partial charge in [-0.15, -0.1) is 0 Å². The molecule has 1 fully saturated rings. The Morgan fingerprint density at radius 3 is 2.14 bits per heavy atom. The molecule has 0 aromatic heterocycles. The summed E-state index contributed by atoms with van der Waals surface area (Å²) in [7, 11) is 0. The summed E-state index contributed by atoms with van der Waals surface area (Å²) < 4.78 is 4.61. The fraction of sp³-hybridized carbons (Fsp3) is 1.00. The van der Waals surface area contributed by atoms with E-state index in [2.05, 4.69) is 42.0 Å². The molecule has 0 saturated carbocycles. The Bertz CT molecular complexity index is 37.9. The number of halogens is 2. The zero-order valence-corrected chi connectivity index (χ0v) is 7.92. The fourth-order valence-electron chi connectivity index (χ4n) is 0.173. The Labute approximate surface area is 65.9 Å². The second kappa shape index (κ2) is 5.52. The number of hydrogen-bond donors (Lipinski definition) is 1. The molecular weight excluding hydrogens is 322 g/mol. The molecule has 1 heterocycles. The van der Waals surface area contributed by atoms with Gasteiger partial charge in [-0.05, 0) is 0 Å². The third-order valence-electron chi connectivity index (χ3n) is 0.606. The van der Waals surface area contributed by atoms with Gasteiger partial charge in [0.1, 0.15) is 6.10 Å². The van der Waals surface area contributed by atoms with Crippen molar-refractivity contribution in [2.75, 3.05) is 13.2 Å². The van der Waals surface area contributed by atoms with Gasteiger partial charge in [0, 0.05) is 37.2 Å². The van der Waals surface area contributed by atoms with E-state index in [-0.39, 0.29) is 12.7 Å². The highest BCUT2D eigenvalue weighted by Crippen LogP contribution is 2.04. The summed E-state index contributed by atoms with van der Waals surface area (Å²) in [6.07, 6.45) is 0.190. The van der Waals surface area contributed by atoms with Crippen LogP contribution in [0.25, 0.3) is 0 Å². The summed E-state index contributed by atoms with van der Waals surface area (Å²) >= 11 is 4.24. The van der Waals surface area contributed by atoms with Crippen LogP contribution in [0.2, 0.25) is 0 Å². The third kappa shape index (κ3) is 5.25. The number of hydrogen-bond acceptors (Lipinski definition) is 2. The van der Waals surface area contributed by atoms with Crippen LogP contribution in [0.5, 0.6) is 0 Å². The number of aliphatic hydroxyl groups is 1. The Morgan fingerprint density at radius 2 is 2.14 bits per heavy atom. The molecule has 0 bridgehead atoms. The average molecular weight is 328 g/mol. The van der Waals surface area contributed by atoms with Crippen LogP contribution >= 0.6 is 37.2 Å². The van der Waals surface area contributed by atoms with Gasteiger partial charge in [-0.3, -0.25) is 0 Å². The zero-order valence-electron chi connectivity index (χ0n) is 3.60. The first-order chi connectivity index (χ1) is 3.43. The van der Waals surface area contributed by atoms with Gasteiger partial charge < -0.3 is 9.84 Å². The van der Waals surface area contributed by atoms with Gasteiger partial charge in [0.2, 0.25) is 0 Å². The monoisotopic (exact) mass is 328 g/mol. The van der Waals surface area contributed by atoms with E-state index in [1.54, 1.807) is 0 Å². The molecule has 1 aliphatic rings. The summed E-state index contributed by atoms with van der Waals surface area (Å²) in [6, 6.07) is 0. The summed E-state index contributed by atoms with van der Waals surface area (Å²) in [4.78, 5) is 0. The standard InChI is InChI=1S/C3H6O2.I2/c4-1-3-2-5-3;1-2/h3-4H,1-2H2;. The van der Waals surface area contributed by atoms with Gasteiger partial charge in [0.05, 0.1) is 13.2 Å². The number of aliphatic hydroxyl groups excluding tert-OH is 1. The molecule has 7 heavy (non-hydrogen) atoms. The number of ether oxygens (including phenoxy) is 1. The molecule has 0 spiro atoms. The molecule has 1 N–H and O–H groups in total. The topological polar surface area (TPSA) is 32.8 Å². The molecule has 0 radical (unpaired) electrons. The average Bonchev–Trinajstić information content (AvgIpc) is 2.52. The predicted molar refractivity (Wildman–Crippen MR) is 44.9 cm³/mol. The lowest BCUT2D eigenvalue weighted by Gasteiger charge is -1.70. The molecule has 0 aliphatic carbocycles. The lowest BCUT2D eigenvalue weighted by molar-refractivity contribution is 0.244. The Morgan fingerprint density at radius 1 is 1.71 bits per heavy atom. The SMILES string of the molecule is II.OCC1CO1.